The van der Waals surface area contributed by atoms with Crippen LogP contribution in [0.3, 0.4) is 0 Å². The molecule has 0 saturated carbocycles. The van der Waals surface area contributed by atoms with E-state index in [4.69, 9.17) is 0 Å². The average Bonchev–Trinajstić information content (AvgIpc) is 2.47. The zero-order valence-electron chi connectivity index (χ0n) is 12.5. The first kappa shape index (κ1) is 16.7. The van der Waals surface area contributed by atoms with Gasteiger partial charge in [-0.05, 0) is 38.5 Å². The van der Waals surface area contributed by atoms with Crippen molar-refractivity contribution in [3.63, 3.8) is 0 Å². The summed E-state index contributed by atoms with van der Waals surface area (Å²) in [5, 5.41) is 12.3. The first-order valence-electron chi connectivity index (χ1n) is 6.79. The van der Waals surface area contributed by atoms with Crippen molar-refractivity contribution in [2.45, 2.75) is 20.8 Å². The van der Waals surface area contributed by atoms with Gasteiger partial charge in [0.05, 0.1) is 17.7 Å². The van der Waals surface area contributed by atoms with Gasteiger partial charge in [0.25, 0.3) is 5.91 Å². The van der Waals surface area contributed by atoms with Gasteiger partial charge in [0.2, 0.25) is 5.91 Å². The smallest absolute Gasteiger partial charge is 0.255 e. The second kappa shape index (κ2) is 7.42. The first-order chi connectivity index (χ1) is 9.94. The number of nitrogens with one attached hydrogen (secondary N) is 1. The molecule has 0 unspecified atom stereocenters. The summed E-state index contributed by atoms with van der Waals surface area (Å²) >= 11 is 0. The maximum Gasteiger partial charge on any atom is 0.255 e. The third-order valence-electron chi connectivity index (χ3n) is 3.17. The van der Waals surface area contributed by atoms with Gasteiger partial charge in [-0.2, -0.15) is 0 Å². The van der Waals surface area contributed by atoms with Crippen LogP contribution in [0, 0.1) is 6.92 Å². The van der Waals surface area contributed by atoms with Crippen molar-refractivity contribution in [2.75, 3.05) is 19.6 Å². The van der Waals surface area contributed by atoms with Gasteiger partial charge in [-0.15, -0.1) is 0 Å². The molecule has 1 rings (SSSR count). The molecular weight excluding hydrogens is 272 g/mol. The number of benzene rings is 1. The summed E-state index contributed by atoms with van der Waals surface area (Å²) in [6, 6.07) is 2.96. The summed E-state index contributed by atoms with van der Waals surface area (Å²) in [4.78, 5) is 36.3. The van der Waals surface area contributed by atoms with E-state index in [9.17, 15) is 19.5 Å². The molecule has 0 saturated heterocycles. The Hall–Kier alpha value is -2.37. The molecule has 0 heterocycles. The number of carbonyl (C=O) groups excluding carboxylic acids is 3. The third-order valence-corrected chi connectivity index (χ3v) is 3.17. The number of aromatic hydroxyl groups is 1. The Bertz CT molecular complexity index is 551. The molecule has 0 fully saturated rings. The molecule has 0 aliphatic rings. The van der Waals surface area contributed by atoms with Gasteiger partial charge in [-0.3, -0.25) is 14.4 Å². The second-order valence-electron chi connectivity index (χ2n) is 4.62. The summed E-state index contributed by atoms with van der Waals surface area (Å²) in [5.74, 6) is -1.15. The van der Waals surface area contributed by atoms with Gasteiger partial charge in [-0.25, -0.2) is 0 Å². The highest BCUT2D eigenvalue weighted by molar-refractivity contribution is 6.01. The summed E-state index contributed by atoms with van der Waals surface area (Å²) in [5.41, 5.74) is 0.717. The molecular formula is C15H20N2O4. The largest absolute Gasteiger partial charge is 0.506 e. The number of hydrogen-bond donors (Lipinski definition) is 2. The van der Waals surface area contributed by atoms with E-state index in [0.29, 0.717) is 24.9 Å². The molecule has 0 aromatic heterocycles. The van der Waals surface area contributed by atoms with E-state index in [1.807, 2.05) is 13.8 Å². The lowest BCUT2D eigenvalue weighted by Gasteiger charge is -2.18. The molecule has 0 atom stereocenters. The summed E-state index contributed by atoms with van der Waals surface area (Å²) < 4.78 is 0. The number of phenolic OH excluding ortho intramolecular Hbond substituents is 1. The second-order valence-corrected chi connectivity index (χ2v) is 4.62. The van der Waals surface area contributed by atoms with Crippen molar-refractivity contribution in [1.82, 2.24) is 10.2 Å². The SMILES string of the molecule is CCN(CC)C(=O)CNC(=O)c1cc(C)cc(C=O)c1O. The quantitative estimate of drug-likeness (QED) is 0.769. The summed E-state index contributed by atoms with van der Waals surface area (Å²) in [7, 11) is 0. The van der Waals surface area contributed by atoms with Crippen LogP contribution in [-0.4, -0.2) is 47.7 Å². The van der Waals surface area contributed by atoms with E-state index in [2.05, 4.69) is 5.32 Å². The Labute approximate surface area is 123 Å². The molecule has 2 N–H and O–H groups in total. The van der Waals surface area contributed by atoms with Crippen LogP contribution in [0.2, 0.25) is 0 Å². The number of nitrogens with zero attached hydrogens (tertiary/aromatic N) is 1. The number of carbonyl (C=O) groups is 3. The van der Waals surface area contributed by atoms with Crippen LogP contribution in [0.4, 0.5) is 0 Å². The van der Waals surface area contributed by atoms with Gasteiger partial charge in [0.15, 0.2) is 6.29 Å². The Balaban J connectivity index is 2.84. The van der Waals surface area contributed by atoms with Gasteiger partial charge >= 0.3 is 0 Å². The van der Waals surface area contributed by atoms with E-state index < -0.39 is 5.91 Å². The van der Waals surface area contributed by atoms with Gasteiger partial charge < -0.3 is 15.3 Å². The van der Waals surface area contributed by atoms with E-state index in [0.717, 1.165) is 0 Å². The fraction of sp³-hybridized carbons (Fsp3) is 0.400. The van der Waals surface area contributed by atoms with Gasteiger partial charge in [0.1, 0.15) is 5.75 Å². The molecule has 6 heteroatoms. The minimum absolute atomic E-state index is 0.00977. The molecule has 1 aromatic carbocycles. The fourth-order valence-corrected chi connectivity index (χ4v) is 2.01. The Morgan fingerprint density at radius 2 is 1.90 bits per heavy atom. The number of amides is 2. The lowest BCUT2D eigenvalue weighted by Crippen LogP contribution is -2.40. The van der Waals surface area contributed by atoms with Crippen LogP contribution in [-0.2, 0) is 4.79 Å². The van der Waals surface area contributed by atoms with Crippen molar-refractivity contribution >= 4 is 18.1 Å². The van der Waals surface area contributed by atoms with Gasteiger partial charge in [0, 0.05) is 13.1 Å². The highest BCUT2D eigenvalue weighted by atomic mass is 16.3. The van der Waals surface area contributed by atoms with Crippen LogP contribution in [0.1, 0.15) is 40.1 Å². The molecule has 114 valence electrons. The molecule has 0 spiro atoms. The molecule has 0 radical (unpaired) electrons. The molecule has 0 aliphatic heterocycles. The topological polar surface area (TPSA) is 86.7 Å². The van der Waals surface area contributed by atoms with Crippen LogP contribution in [0.25, 0.3) is 0 Å². The minimum atomic E-state index is -0.584. The number of hydrogen-bond acceptors (Lipinski definition) is 4. The number of phenols is 1. The molecule has 2 amide bonds. The molecule has 1 aromatic rings. The minimum Gasteiger partial charge on any atom is -0.506 e. The zero-order chi connectivity index (χ0) is 16.0. The fourth-order valence-electron chi connectivity index (χ4n) is 2.01. The van der Waals surface area contributed by atoms with Crippen molar-refractivity contribution in [2.24, 2.45) is 0 Å². The van der Waals surface area contributed by atoms with Gasteiger partial charge in [-0.1, -0.05) is 0 Å². The van der Waals surface area contributed by atoms with E-state index >= 15 is 0 Å². The number of aryl methyl sites for hydroxylation is 1. The standard InChI is InChI=1S/C15H20N2O4/c1-4-17(5-2)13(19)8-16-15(21)12-7-10(3)6-11(9-18)14(12)20/h6-7,9,20H,4-5,8H2,1-3H3,(H,16,21). The molecule has 21 heavy (non-hydrogen) atoms. The molecule has 0 bridgehead atoms. The summed E-state index contributed by atoms with van der Waals surface area (Å²) in [6.45, 7) is 6.40. The van der Waals surface area contributed by atoms with Crippen molar-refractivity contribution in [3.8, 4) is 5.75 Å². The first-order valence-corrected chi connectivity index (χ1v) is 6.79. The molecule has 0 aliphatic carbocycles. The van der Waals surface area contributed by atoms with Crippen LogP contribution < -0.4 is 5.32 Å². The monoisotopic (exact) mass is 292 g/mol. The van der Waals surface area contributed by atoms with Crippen LogP contribution in [0.15, 0.2) is 12.1 Å². The lowest BCUT2D eigenvalue weighted by atomic mass is 10.0. The average molecular weight is 292 g/mol. The summed E-state index contributed by atoms with van der Waals surface area (Å²) in [6.07, 6.45) is 0.486. The van der Waals surface area contributed by atoms with E-state index in [-0.39, 0.29) is 29.3 Å². The number of rotatable bonds is 6. The maximum atomic E-state index is 12.0. The predicted octanol–water partition coefficient (Wildman–Crippen LogP) is 1.11. The highest BCUT2D eigenvalue weighted by Gasteiger charge is 2.17. The maximum absolute atomic E-state index is 12.0. The van der Waals surface area contributed by atoms with Crippen LogP contribution in [0.5, 0.6) is 5.75 Å². The highest BCUT2D eigenvalue weighted by Crippen LogP contribution is 2.23. The number of likely N-dealkylation sites (N-methyl/N-ethyl adjacent to an activating group) is 1. The van der Waals surface area contributed by atoms with Crippen LogP contribution >= 0.6 is 0 Å². The number of aldehydes is 1. The normalized spacial score (nSPS) is 10.0. The lowest BCUT2D eigenvalue weighted by molar-refractivity contribution is -0.129. The van der Waals surface area contributed by atoms with Crippen molar-refractivity contribution in [1.29, 1.82) is 0 Å². The Morgan fingerprint density at radius 3 is 2.43 bits per heavy atom. The Morgan fingerprint density at radius 1 is 1.29 bits per heavy atom. The Kier molecular flexibility index (Phi) is 5.90. The molecule has 6 nitrogen and oxygen atoms in total. The van der Waals surface area contributed by atoms with E-state index in [1.54, 1.807) is 11.8 Å². The predicted molar refractivity (Wildman–Crippen MR) is 78.5 cm³/mol. The van der Waals surface area contributed by atoms with E-state index in [1.165, 1.54) is 12.1 Å². The third kappa shape index (κ3) is 4.05. The van der Waals surface area contributed by atoms with Crippen molar-refractivity contribution < 1.29 is 19.5 Å². The van der Waals surface area contributed by atoms with Crippen molar-refractivity contribution in [3.05, 3.63) is 28.8 Å². The zero-order valence-corrected chi connectivity index (χ0v) is 12.5.